The molecule has 1 N–H and O–H groups in total. The molecule has 26 heavy (non-hydrogen) atoms. The summed E-state index contributed by atoms with van der Waals surface area (Å²) in [5, 5.41) is 13.8. The highest BCUT2D eigenvalue weighted by molar-refractivity contribution is 9.10. The van der Waals surface area contributed by atoms with Gasteiger partial charge in [-0.2, -0.15) is 0 Å². The van der Waals surface area contributed by atoms with Gasteiger partial charge in [0, 0.05) is 47.0 Å². The number of pyridine rings is 1. The number of benzene rings is 1. The van der Waals surface area contributed by atoms with Crippen molar-refractivity contribution in [3.63, 3.8) is 0 Å². The third-order valence-corrected chi connectivity index (χ3v) is 5.06. The van der Waals surface area contributed by atoms with Gasteiger partial charge in [-0.3, -0.25) is 14.9 Å². The normalized spacial score (nSPS) is 14.9. The van der Waals surface area contributed by atoms with Gasteiger partial charge in [-0.15, -0.1) is 0 Å². The summed E-state index contributed by atoms with van der Waals surface area (Å²) in [4.78, 5) is 29.3. The smallest absolute Gasteiger partial charge is 0.272 e. The number of nitro groups is 1. The first-order valence-electron chi connectivity index (χ1n) is 8.36. The van der Waals surface area contributed by atoms with Gasteiger partial charge in [0.15, 0.2) is 0 Å². The van der Waals surface area contributed by atoms with Crippen molar-refractivity contribution in [2.24, 2.45) is 5.92 Å². The Morgan fingerprint density at radius 2 is 2.04 bits per heavy atom. The molecule has 0 bridgehead atoms. The molecule has 0 radical (unpaired) electrons. The number of hydrogen-bond acceptors (Lipinski definition) is 5. The summed E-state index contributed by atoms with van der Waals surface area (Å²) in [6.45, 7) is 3.22. The van der Waals surface area contributed by atoms with Gasteiger partial charge in [0.25, 0.3) is 5.69 Å². The number of hydrogen-bond donors (Lipinski definition) is 1. The Morgan fingerprint density at radius 3 is 2.62 bits per heavy atom. The molecule has 2 heterocycles. The number of piperidine rings is 1. The molecular weight excluding hydrogens is 400 g/mol. The first-order valence-corrected chi connectivity index (χ1v) is 9.16. The van der Waals surface area contributed by atoms with E-state index in [9.17, 15) is 14.9 Å². The Hall–Kier alpha value is -2.48. The molecule has 1 aromatic heterocycles. The second-order valence-corrected chi connectivity index (χ2v) is 7.26. The topological polar surface area (TPSA) is 88.4 Å². The third-order valence-electron chi connectivity index (χ3n) is 4.59. The molecule has 7 nitrogen and oxygen atoms in total. The molecule has 3 rings (SSSR count). The molecule has 136 valence electrons. The summed E-state index contributed by atoms with van der Waals surface area (Å²) in [6, 6.07) is 8.75. The van der Waals surface area contributed by atoms with Gasteiger partial charge >= 0.3 is 0 Å². The zero-order valence-electron chi connectivity index (χ0n) is 14.3. The van der Waals surface area contributed by atoms with Gasteiger partial charge in [0.2, 0.25) is 5.91 Å². The molecule has 0 saturated carbocycles. The van der Waals surface area contributed by atoms with Crippen molar-refractivity contribution in [3.05, 3.63) is 56.7 Å². The quantitative estimate of drug-likeness (QED) is 0.600. The van der Waals surface area contributed by atoms with E-state index in [1.165, 1.54) is 0 Å². The lowest BCUT2D eigenvalue weighted by Gasteiger charge is -2.33. The van der Waals surface area contributed by atoms with Gasteiger partial charge in [-0.05, 0) is 60.0 Å². The Morgan fingerprint density at radius 1 is 1.31 bits per heavy atom. The van der Waals surface area contributed by atoms with Crippen LogP contribution in [0.1, 0.15) is 18.4 Å². The van der Waals surface area contributed by atoms with Crippen LogP contribution in [-0.2, 0) is 4.79 Å². The van der Waals surface area contributed by atoms with Crippen molar-refractivity contribution in [2.45, 2.75) is 19.8 Å². The minimum Gasteiger partial charge on any atom is -0.371 e. The number of carbonyl (C=O) groups excluding carboxylic acids is 1. The summed E-state index contributed by atoms with van der Waals surface area (Å²) in [7, 11) is 0. The molecule has 1 amide bonds. The van der Waals surface area contributed by atoms with Crippen molar-refractivity contribution in [1.29, 1.82) is 0 Å². The van der Waals surface area contributed by atoms with Gasteiger partial charge < -0.3 is 10.2 Å². The maximum absolute atomic E-state index is 12.4. The van der Waals surface area contributed by atoms with Gasteiger partial charge in [-0.1, -0.05) is 0 Å². The Balaban J connectivity index is 1.58. The monoisotopic (exact) mass is 418 g/mol. The van der Waals surface area contributed by atoms with E-state index in [4.69, 9.17) is 0 Å². The average molecular weight is 419 g/mol. The van der Waals surface area contributed by atoms with Crippen molar-refractivity contribution in [1.82, 2.24) is 4.98 Å². The number of nitrogens with one attached hydrogen (secondary N) is 1. The maximum atomic E-state index is 12.4. The SMILES string of the molecule is Cc1cc(N2CCC(C(=O)Nc3ccc(Br)cn3)CC2)ccc1[N+](=O)[O-]. The minimum atomic E-state index is -0.369. The molecule has 1 aromatic carbocycles. The highest BCUT2D eigenvalue weighted by Crippen LogP contribution is 2.28. The van der Waals surface area contributed by atoms with Crippen LogP contribution < -0.4 is 10.2 Å². The lowest BCUT2D eigenvalue weighted by molar-refractivity contribution is -0.385. The van der Waals surface area contributed by atoms with Crippen LogP contribution >= 0.6 is 15.9 Å². The van der Waals surface area contributed by atoms with Gasteiger partial charge in [-0.25, -0.2) is 4.98 Å². The van der Waals surface area contributed by atoms with E-state index in [1.807, 2.05) is 12.1 Å². The predicted molar refractivity (Wildman–Crippen MR) is 103 cm³/mol. The van der Waals surface area contributed by atoms with Crippen LogP contribution in [0, 0.1) is 23.0 Å². The predicted octanol–water partition coefficient (Wildman–Crippen LogP) is 3.92. The number of nitrogens with zero attached hydrogens (tertiary/aromatic N) is 3. The van der Waals surface area contributed by atoms with Gasteiger partial charge in [0.05, 0.1) is 4.92 Å². The average Bonchev–Trinajstić information content (AvgIpc) is 2.63. The van der Waals surface area contributed by atoms with E-state index in [2.05, 4.69) is 31.1 Å². The Kier molecular flexibility index (Phi) is 5.51. The summed E-state index contributed by atoms with van der Waals surface area (Å²) in [5.74, 6) is 0.474. The lowest BCUT2D eigenvalue weighted by Crippen LogP contribution is -2.38. The number of amides is 1. The second kappa shape index (κ2) is 7.82. The number of rotatable bonds is 4. The zero-order valence-corrected chi connectivity index (χ0v) is 15.9. The number of anilines is 2. The number of carbonyl (C=O) groups is 1. The fourth-order valence-corrected chi connectivity index (χ4v) is 3.35. The van der Waals surface area contributed by atoms with Crippen LogP contribution in [-0.4, -0.2) is 28.9 Å². The van der Waals surface area contributed by atoms with Crippen molar-refractivity contribution in [3.8, 4) is 0 Å². The molecule has 1 aliphatic heterocycles. The van der Waals surface area contributed by atoms with Crippen LogP contribution in [0.4, 0.5) is 17.2 Å². The standard InChI is InChI=1S/C18H19BrN4O3/c1-12-10-15(3-4-16(12)23(25)26)22-8-6-13(7-9-22)18(24)21-17-5-2-14(19)11-20-17/h2-5,10-11,13H,6-9H2,1H3,(H,20,21,24). The lowest BCUT2D eigenvalue weighted by atomic mass is 9.95. The van der Waals surface area contributed by atoms with Gasteiger partial charge in [0.1, 0.15) is 5.82 Å². The van der Waals surface area contributed by atoms with Crippen LogP contribution in [0.15, 0.2) is 41.0 Å². The van der Waals surface area contributed by atoms with Crippen LogP contribution in [0.2, 0.25) is 0 Å². The molecular formula is C18H19BrN4O3. The van der Waals surface area contributed by atoms with E-state index >= 15 is 0 Å². The van der Waals surface area contributed by atoms with Crippen molar-refractivity contribution < 1.29 is 9.72 Å². The van der Waals surface area contributed by atoms with E-state index in [1.54, 1.807) is 31.3 Å². The molecule has 0 atom stereocenters. The van der Waals surface area contributed by atoms with Crippen LogP contribution in [0.25, 0.3) is 0 Å². The zero-order chi connectivity index (χ0) is 18.7. The number of aryl methyl sites for hydroxylation is 1. The Labute approximate surface area is 159 Å². The molecule has 8 heteroatoms. The first kappa shape index (κ1) is 18.3. The molecule has 0 spiro atoms. The molecule has 2 aromatic rings. The number of nitro benzene ring substituents is 1. The van der Waals surface area contributed by atoms with Crippen LogP contribution in [0.5, 0.6) is 0 Å². The second-order valence-electron chi connectivity index (χ2n) is 6.34. The van der Waals surface area contributed by atoms with Crippen molar-refractivity contribution >= 4 is 39.0 Å². The first-order chi connectivity index (χ1) is 12.4. The van der Waals surface area contributed by atoms with E-state index in [-0.39, 0.29) is 22.4 Å². The van der Waals surface area contributed by atoms with E-state index < -0.39 is 0 Å². The molecule has 1 saturated heterocycles. The minimum absolute atomic E-state index is 0.0145. The molecule has 1 aliphatic rings. The fourth-order valence-electron chi connectivity index (χ4n) is 3.12. The van der Waals surface area contributed by atoms with E-state index in [0.29, 0.717) is 11.4 Å². The summed E-state index contributed by atoms with van der Waals surface area (Å²) in [5.41, 5.74) is 1.74. The number of halogens is 1. The number of aromatic nitrogens is 1. The Bertz CT molecular complexity index is 818. The maximum Gasteiger partial charge on any atom is 0.272 e. The summed E-state index contributed by atoms with van der Waals surface area (Å²) < 4.78 is 0.863. The van der Waals surface area contributed by atoms with Crippen molar-refractivity contribution in [2.75, 3.05) is 23.3 Å². The third kappa shape index (κ3) is 4.19. The van der Waals surface area contributed by atoms with E-state index in [0.717, 1.165) is 36.1 Å². The fraction of sp³-hybridized carbons (Fsp3) is 0.333. The summed E-state index contributed by atoms with van der Waals surface area (Å²) in [6.07, 6.45) is 3.12. The van der Waals surface area contributed by atoms with Crippen LogP contribution in [0.3, 0.4) is 0 Å². The molecule has 0 aliphatic carbocycles. The molecule has 1 fully saturated rings. The highest BCUT2D eigenvalue weighted by atomic mass is 79.9. The molecule has 0 unspecified atom stereocenters. The summed E-state index contributed by atoms with van der Waals surface area (Å²) >= 11 is 3.32. The largest absolute Gasteiger partial charge is 0.371 e. The highest BCUT2D eigenvalue weighted by Gasteiger charge is 2.26.